The van der Waals surface area contributed by atoms with E-state index >= 15 is 0 Å². The van der Waals surface area contributed by atoms with Crippen LogP contribution in [0.25, 0.3) is 6.08 Å². The lowest BCUT2D eigenvalue weighted by Crippen LogP contribution is -2.20. The number of hydrogen-bond donors (Lipinski definition) is 0. The number of sulfonamides is 1. The van der Waals surface area contributed by atoms with Gasteiger partial charge in [-0.25, -0.2) is 13.2 Å². The van der Waals surface area contributed by atoms with Crippen molar-refractivity contribution in [3.63, 3.8) is 0 Å². The van der Waals surface area contributed by atoms with Gasteiger partial charge in [-0.3, -0.25) is 0 Å². The molecule has 18 heavy (non-hydrogen) atoms. The van der Waals surface area contributed by atoms with Gasteiger partial charge >= 0.3 is 5.97 Å². The van der Waals surface area contributed by atoms with Gasteiger partial charge in [-0.1, -0.05) is 16.6 Å². The van der Waals surface area contributed by atoms with Crippen molar-refractivity contribution in [3.8, 4) is 0 Å². The van der Waals surface area contributed by atoms with E-state index in [9.17, 15) is 17.7 Å². The monoisotopic (exact) mass is 273 g/mol. The highest BCUT2D eigenvalue weighted by Gasteiger charge is 2.16. The summed E-state index contributed by atoms with van der Waals surface area (Å²) in [5.41, 5.74) is 0.341. The van der Waals surface area contributed by atoms with Crippen molar-refractivity contribution in [2.45, 2.75) is 0 Å². The van der Waals surface area contributed by atoms with Gasteiger partial charge in [-0.2, -0.15) is 0 Å². The molecule has 0 spiro atoms. The molecule has 7 heteroatoms. The van der Waals surface area contributed by atoms with E-state index in [1.807, 2.05) is 0 Å². The lowest BCUT2D eigenvalue weighted by Gasteiger charge is -2.11. The van der Waals surface area contributed by atoms with E-state index in [2.05, 4.69) is 4.74 Å². The Morgan fingerprint density at radius 3 is 2.67 bits per heavy atom. The molecule has 0 aliphatic heterocycles. The van der Waals surface area contributed by atoms with Crippen LogP contribution < -0.4 is 4.53 Å². The van der Waals surface area contributed by atoms with E-state index in [1.165, 1.54) is 31.4 Å². The Hall–Kier alpha value is -1.89. The van der Waals surface area contributed by atoms with Crippen LogP contribution in [0.1, 0.15) is 5.56 Å². The second-order valence-electron chi connectivity index (χ2n) is 3.43. The summed E-state index contributed by atoms with van der Waals surface area (Å²) in [5, 5.41) is 0. The SMILES string of the molecule is COC(=O)/C=C/c1cccc(N(F)S(C)(=O)=O)c1. The topological polar surface area (TPSA) is 63.7 Å². The summed E-state index contributed by atoms with van der Waals surface area (Å²) in [6, 6.07) is 5.67. The number of esters is 1. The number of nitrogens with zero attached hydrogens (tertiary/aromatic N) is 1. The summed E-state index contributed by atoms with van der Waals surface area (Å²) >= 11 is 0. The van der Waals surface area contributed by atoms with Gasteiger partial charge in [0.15, 0.2) is 0 Å². The fraction of sp³-hybridized carbons (Fsp3) is 0.182. The minimum Gasteiger partial charge on any atom is -0.466 e. The van der Waals surface area contributed by atoms with E-state index < -0.39 is 16.0 Å². The Labute approximate surface area is 104 Å². The average molecular weight is 273 g/mol. The quantitative estimate of drug-likeness (QED) is 0.474. The maximum absolute atomic E-state index is 13.4. The summed E-state index contributed by atoms with van der Waals surface area (Å²) in [5.74, 6) is -0.555. The van der Waals surface area contributed by atoms with Crippen molar-refractivity contribution in [1.29, 1.82) is 0 Å². The third kappa shape index (κ3) is 3.85. The van der Waals surface area contributed by atoms with Gasteiger partial charge in [0, 0.05) is 6.08 Å². The zero-order valence-electron chi connectivity index (χ0n) is 9.83. The average Bonchev–Trinajstić information content (AvgIpc) is 2.34. The highest BCUT2D eigenvalue weighted by Crippen LogP contribution is 2.20. The first-order valence-corrected chi connectivity index (χ1v) is 6.71. The molecule has 0 aliphatic carbocycles. The minimum absolute atomic E-state index is 0.135. The third-order valence-corrected chi connectivity index (χ3v) is 2.77. The first-order valence-electron chi connectivity index (χ1n) is 4.87. The van der Waals surface area contributed by atoms with Crippen LogP contribution in [-0.4, -0.2) is 27.8 Å². The number of halogens is 1. The van der Waals surface area contributed by atoms with Crippen LogP contribution in [0.2, 0.25) is 0 Å². The maximum atomic E-state index is 13.4. The summed E-state index contributed by atoms with van der Waals surface area (Å²) in [6.07, 6.45) is 3.30. The highest BCUT2D eigenvalue weighted by molar-refractivity contribution is 7.91. The molecule has 1 aromatic rings. The largest absolute Gasteiger partial charge is 0.466 e. The zero-order valence-corrected chi connectivity index (χ0v) is 10.6. The molecule has 0 amide bonds. The number of hydrogen-bond acceptors (Lipinski definition) is 4. The molecule has 0 N–H and O–H groups in total. The van der Waals surface area contributed by atoms with Gasteiger partial charge in [-0.05, 0) is 23.8 Å². The van der Waals surface area contributed by atoms with Crippen molar-refractivity contribution in [1.82, 2.24) is 0 Å². The van der Waals surface area contributed by atoms with Gasteiger partial charge in [0.1, 0.15) is 0 Å². The molecule has 0 saturated carbocycles. The van der Waals surface area contributed by atoms with Crippen LogP contribution in [0.3, 0.4) is 0 Å². The van der Waals surface area contributed by atoms with E-state index in [4.69, 9.17) is 0 Å². The number of anilines is 1. The number of methoxy groups -OCH3 is 1. The van der Waals surface area contributed by atoms with Crippen LogP contribution in [0, 0.1) is 0 Å². The smallest absolute Gasteiger partial charge is 0.330 e. The minimum atomic E-state index is -3.96. The number of rotatable bonds is 4. The van der Waals surface area contributed by atoms with Crippen LogP contribution in [0.5, 0.6) is 0 Å². The van der Waals surface area contributed by atoms with Gasteiger partial charge in [-0.15, -0.1) is 4.53 Å². The van der Waals surface area contributed by atoms with E-state index in [-0.39, 0.29) is 10.2 Å². The third-order valence-electron chi connectivity index (χ3n) is 1.98. The van der Waals surface area contributed by atoms with Crippen LogP contribution in [-0.2, 0) is 19.6 Å². The molecule has 0 bridgehead atoms. The Morgan fingerprint density at radius 1 is 1.44 bits per heavy atom. The molecule has 0 aliphatic rings. The molecule has 1 aromatic carbocycles. The Bertz CT molecular complexity index is 568. The summed E-state index contributed by atoms with van der Waals surface area (Å²) < 4.78 is 39.5. The molecule has 0 unspecified atom stereocenters. The van der Waals surface area contributed by atoms with Crippen molar-refractivity contribution in [2.24, 2.45) is 0 Å². The molecule has 0 atom stereocenters. The second-order valence-corrected chi connectivity index (χ2v) is 5.22. The first kappa shape index (κ1) is 14.2. The zero-order chi connectivity index (χ0) is 13.8. The van der Waals surface area contributed by atoms with Crippen LogP contribution in [0.4, 0.5) is 10.2 Å². The Morgan fingerprint density at radius 2 is 2.11 bits per heavy atom. The second kappa shape index (κ2) is 5.63. The van der Waals surface area contributed by atoms with Gasteiger partial charge in [0.25, 0.3) is 10.0 Å². The number of benzene rings is 1. The molecular formula is C11H12FNO4S. The normalized spacial score (nSPS) is 11.5. The molecule has 98 valence electrons. The Balaban J connectivity index is 3.00. The lowest BCUT2D eigenvalue weighted by molar-refractivity contribution is -0.134. The molecule has 0 aromatic heterocycles. The fourth-order valence-corrected chi connectivity index (χ4v) is 1.66. The molecule has 0 heterocycles. The van der Waals surface area contributed by atoms with E-state index in [0.29, 0.717) is 5.56 Å². The van der Waals surface area contributed by atoms with Crippen molar-refractivity contribution in [2.75, 3.05) is 17.9 Å². The number of carbonyl (C=O) groups excluding carboxylic acids is 1. The standard InChI is InChI=1S/C11H12FNO4S/c1-17-11(14)7-6-9-4-3-5-10(8-9)13(12)18(2,15)16/h3-8H,1-2H3/b7-6+. The predicted molar refractivity (Wildman–Crippen MR) is 65.9 cm³/mol. The van der Waals surface area contributed by atoms with Gasteiger partial charge in [0.2, 0.25) is 0 Å². The first-order chi connectivity index (χ1) is 8.34. The van der Waals surface area contributed by atoms with Crippen molar-refractivity contribution < 1.29 is 22.4 Å². The molecule has 0 fully saturated rings. The summed E-state index contributed by atoms with van der Waals surface area (Å²) in [7, 11) is -2.73. The fourth-order valence-electron chi connectivity index (χ4n) is 1.16. The van der Waals surface area contributed by atoms with E-state index in [0.717, 1.165) is 12.3 Å². The maximum Gasteiger partial charge on any atom is 0.330 e. The van der Waals surface area contributed by atoms with Crippen LogP contribution in [0.15, 0.2) is 30.3 Å². The molecule has 0 radical (unpaired) electrons. The summed E-state index contributed by atoms with van der Waals surface area (Å²) in [6.45, 7) is 0. The van der Waals surface area contributed by atoms with Crippen LogP contribution >= 0.6 is 0 Å². The molecular weight excluding hydrogens is 261 g/mol. The van der Waals surface area contributed by atoms with Gasteiger partial charge < -0.3 is 4.74 Å². The summed E-state index contributed by atoms with van der Waals surface area (Å²) in [4.78, 5) is 10.9. The number of ether oxygens (including phenoxy) is 1. The van der Waals surface area contributed by atoms with Gasteiger partial charge in [0.05, 0.1) is 19.1 Å². The molecule has 5 nitrogen and oxygen atoms in total. The molecule has 0 saturated heterocycles. The lowest BCUT2D eigenvalue weighted by atomic mass is 10.2. The molecule has 1 rings (SSSR count). The van der Waals surface area contributed by atoms with Crippen molar-refractivity contribution in [3.05, 3.63) is 35.9 Å². The number of carbonyl (C=O) groups is 1. The van der Waals surface area contributed by atoms with Crippen molar-refractivity contribution >= 4 is 27.8 Å². The highest BCUT2D eigenvalue weighted by atomic mass is 32.2. The van der Waals surface area contributed by atoms with E-state index in [1.54, 1.807) is 6.07 Å². The predicted octanol–water partition coefficient (Wildman–Crippen LogP) is 1.52. The Kier molecular flexibility index (Phi) is 4.43.